The van der Waals surface area contributed by atoms with Gasteiger partial charge >= 0.3 is 0 Å². The first kappa shape index (κ1) is 12.7. The second-order valence-electron chi connectivity index (χ2n) is 4.76. The largest absolute Gasteiger partial charge is 0.460 e. The lowest BCUT2D eigenvalue weighted by molar-refractivity contribution is 0.545. The fourth-order valence-electron chi connectivity index (χ4n) is 2.11. The Morgan fingerprint density at radius 1 is 1.30 bits per heavy atom. The van der Waals surface area contributed by atoms with E-state index in [9.17, 15) is 0 Å². The molecule has 104 valence electrons. The van der Waals surface area contributed by atoms with Crippen LogP contribution in [0.1, 0.15) is 17.0 Å². The third-order valence-electron chi connectivity index (χ3n) is 3.10. The van der Waals surface area contributed by atoms with Crippen LogP contribution < -0.4 is 5.32 Å². The Morgan fingerprint density at radius 3 is 2.90 bits per heavy atom. The van der Waals surface area contributed by atoms with Gasteiger partial charge in [-0.15, -0.1) is 0 Å². The Hall–Kier alpha value is -2.34. The fourth-order valence-corrected chi connectivity index (χ4v) is 2.11. The van der Waals surface area contributed by atoms with Gasteiger partial charge in [-0.3, -0.25) is 9.78 Å². The number of aromatic nitrogens is 4. The van der Waals surface area contributed by atoms with E-state index in [1.807, 2.05) is 44.6 Å². The molecule has 3 rings (SSSR count). The van der Waals surface area contributed by atoms with Crippen LogP contribution in [0.3, 0.4) is 0 Å². The van der Waals surface area contributed by atoms with Gasteiger partial charge < -0.3 is 9.73 Å². The van der Waals surface area contributed by atoms with Crippen molar-refractivity contribution < 1.29 is 4.42 Å². The van der Waals surface area contributed by atoms with Gasteiger partial charge in [-0.1, -0.05) is 0 Å². The molecule has 0 aliphatic carbocycles. The van der Waals surface area contributed by atoms with Gasteiger partial charge in [-0.2, -0.15) is 10.2 Å². The zero-order valence-corrected chi connectivity index (χ0v) is 11.6. The van der Waals surface area contributed by atoms with Crippen LogP contribution in [0.5, 0.6) is 0 Å². The highest BCUT2D eigenvalue weighted by molar-refractivity contribution is 5.56. The SMILES string of the molecule is Cc1ccc(-c2[nH]ncc2CNCc2ccn(C)n2)o1. The van der Waals surface area contributed by atoms with Crippen molar-refractivity contribution in [2.24, 2.45) is 7.05 Å². The van der Waals surface area contributed by atoms with Crippen LogP contribution in [0.4, 0.5) is 0 Å². The highest BCUT2D eigenvalue weighted by Gasteiger charge is 2.10. The summed E-state index contributed by atoms with van der Waals surface area (Å²) in [6, 6.07) is 5.89. The molecule has 0 bridgehead atoms. The molecule has 0 saturated heterocycles. The molecule has 6 heteroatoms. The number of aryl methyl sites for hydroxylation is 2. The van der Waals surface area contributed by atoms with Crippen molar-refractivity contribution in [1.29, 1.82) is 0 Å². The van der Waals surface area contributed by atoms with Crippen LogP contribution in [-0.2, 0) is 20.1 Å². The number of rotatable bonds is 5. The molecule has 0 atom stereocenters. The molecule has 0 spiro atoms. The average molecular weight is 271 g/mol. The summed E-state index contributed by atoms with van der Waals surface area (Å²) in [6.45, 7) is 3.36. The summed E-state index contributed by atoms with van der Waals surface area (Å²) in [5, 5.41) is 14.8. The Balaban J connectivity index is 1.65. The molecule has 3 aromatic rings. The van der Waals surface area contributed by atoms with Crippen molar-refractivity contribution in [2.45, 2.75) is 20.0 Å². The van der Waals surface area contributed by atoms with Crippen molar-refractivity contribution >= 4 is 0 Å². The molecule has 20 heavy (non-hydrogen) atoms. The zero-order chi connectivity index (χ0) is 13.9. The standard InChI is InChI=1S/C14H17N5O/c1-10-3-4-13(20-10)14-11(8-16-17-14)7-15-9-12-5-6-19(2)18-12/h3-6,8,15H,7,9H2,1-2H3,(H,16,17). The normalized spacial score (nSPS) is 11.1. The molecule has 0 aliphatic rings. The summed E-state index contributed by atoms with van der Waals surface area (Å²) in [4.78, 5) is 0. The summed E-state index contributed by atoms with van der Waals surface area (Å²) in [5.74, 6) is 1.71. The van der Waals surface area contributed by atoms with Gasteiger partial charge in [0.25, 0.3) is 0 Å². The van der Waals surface area contributed by atoms with E-state index in [0.717, 1.165) is 35.0 Å². The van der Waals surface area contributed by atoms with Gasteiger partial charge in [-0.25, -0.2) is 0 Å². The van der Waals surface area contributed by atoms with E-state index >= 15 is 0 Å². The Kier molecular flexibility index (Phi) is 3.39. The smallest absolute Gasteiger partial charge is 0.152 e. The lowest BCUT2D eigenvalue weighted by Crippen LogP contribution is -2.13. The molecule has 0 aromatic carbocycles. The Bertz CT molecular complexity index is 694. The van der Waals surface area contributed by atoms with Crippen LogP contribution in [0.25, 0.3) is 11.5 Å². The van der Waals surface area contributed by atoms with Crippen LogP contribution in [-0.4, -0.2) is 20.0 Å². The fraction of sp³-hybridized carbons (Fsp3) is 0.286. The predicted molar refractivity (Wildman–Crippen MR) is 74.8 cm³/mol. The molecule has 0 aliphatic heterocycles. The van der Waals surface area contributed by atoms with E-state index in [-0.39, 0.29) is 0 Å². The van der Waals surface area contributed by atoms with E-state index in [0.29, 0.717) is 6.54 Å². The van der Waals surface area contributed by atoms with Gasteiger partial charge in [0.2, 0.25) is 0 Å². The number of furan rings is 1. The van der Waals surface area contributed by atoms with Crippen molar-refractivity contribution in [3.8, 4) is 11.5 Å². The maximum Gasteiger partial charge on any atom is 0.152 e. The molecule has 6 nitrogen and oxygen atoms in total. The van der Waals surface area contributed by atoms with E-state index in [2.05, 4.69) is 20.6 Å². The van der Waals surface area contributed by atoms with Crippen LogP contribution in [0, 0.1) is 6.92 Å². The Morgan fingerprint density at radius 2 is 2.20 bits per heavy atom. The number of hydrogen-bond acceptors (Lipinski definition) is 4. The minimum Gasteiger partial charge on any atom is -0.460 e. The lowest BCUT2D eigenvalue weighted by Gasteiger charge is -2.02. The minimum atomic E-state index is 0.710. The first-order valence-corrected chi connectivity index (χ1v) is 6.50. The number of nitrogens with zero attached hydrogens (tertiary/aromatic N) is 3. The summed E-state index contributed by atoms with van der Waals surface area (Å²) in [5.41, 5.74) is 3.02. The van der Waals surface area contributed by atoms with Gasteiger partial charge in [0.15, 0.2) is 5.76 Å². The quantitative estimate of drug-likeness (QED) is 0.744. The molecule has 0 unspecified atom stereocenters. The first-order valence-electron chi connectivity index (χ1n) is 6.50. The highest BCUT2D eigenvalue weighted by atomic mass is 16.3. The topological polar surface area (TPSA) is 71.7 Å². The third-order valence-corrected chi connectivity index (χ3v) is 3.10. The molecular weight excluding hydrogens is 254 g/mol. The van der Waals surface area contributed by atoms with E-state index < -0.39 is 0 Å². The Labute approximate surface area is 116 Å². The molecule has 0 amide bonds. The van der Waals surface area contributed by atoms with Gasteiger partial charge in [-0.05, 0) is 25.1 Å². The molecular formula is C14H17N5O. The number of H-pyrrole nitrogens is 1. The van der Waals surface area contributed by atoms with E-state index in [4.69, 9.17) is 4.42 Å². The maximum absolute atomic E-state index is 5.62. The van der Waals surface area contributed by atoms with E-state index in [1.165, 1.54) is 0 Å². The molecule has 0 radical (unpaired) electrons. The molecule has 2 N–H and O–H groups in total. The maximum atomic E-state index is 5.62. The number of aromatic amines is 1. The number of hydrogen-bond donors (Lipinski definition) is 2. The minimum absolute atomic E-state index is 0.710. The van der Waals surface area contributed by atoms with E-state index in [1.54, 1.807) is 4.68 Å². The van der Waals surface area contributed by atoms with Gasteiger partial charge in [0.1, 0.15) is 11.5 Å². The third kappa shape index (κ3) is 2.65. The molecule has 0 saturated carbocycles. The molecule has 0 fully saturated rings. The van der Waals surface area contributed by atoms with Crippen molar-refractivity contribution in [1.82, 2.24) is 25.3 Å². The second kappa shape index (κ2) is 5.34. The van der Waals surface area contributed by atoms with Gasteiger partial charge in [0, 0.05) is 31.9 Å². The average Bonchev–Trinajstić information content (AvgIpc) is 3.11. The lowest BCUT2D eigenvalue weighted by atomic mass is 10.2. The summed E-state index contributed by atoms with van der Waals surface area (Å²) < 4.78 is 7.42. The van der Waals surface area contributed by atoms with Crippen molar-refractivity contribution in [3.05, 3.63) is 47.6 Å². The molecule has 3 heterocycles. The highest BCUT2D eigenvalue weighted by Crippen LogP contribution is 2.23. The second-order valence-corrected chi connectivity index (χ2v) is 4.76. The van der Waals surface area contributed by atoms with Gasteiger partial charge in [0.05, 0.1) is 11.9 Å². The van der Waals surface area contributed by atoms with Crippen LogP contribution >= 0.6 is 0 Å². The first-order chi connectivity index (χ1) is 9.72. The predicted octanol–water partition coefficient (Wildman–Crippen LogP) is 2.00. The van der Waals surface area contributed by atoms with Crippen molar-refractivity contribution in [3.63, 3.8) is 0 Å². The number of nitrogens with one attached hydrogen (secondary N) is 2. The summed E-state index contributed by atoms with van der Waals surface area (Å²) in [6.07, 6.45) is 3.75. The zero-order valence-electron chi connectivity index (χ0n) is 11.6. The summed E-state index contributed by atoms with van der Waals surface area (Å²) in [7, 11) is 1.91. The van der Waals surface area contributed by atoms with Crippen LogP contribution in [0.15, 0.2) is 35.0 Å². The summed E-state index contributed by atoms with van der Waals surface area (Å²) >= 11 is 0. The molecule has 3 aromatic heterocycles. The monoisotopic (exact) mass is 271 g/mol. The van der Waals surface area contributed by atoms with Crippen molar-refractivity contribution in [2.75, 3.05) is 0 Å². The van der Waals surface area contributed by atoms with Crippen LogP contribution in [0.2, 0.25) is 0 Å².